The summed E-state index contributed by atoms with van der Waals surface area (Å²) in [6.07, 6.45) is 3.52. The average Bonchev–Trinajstić information content (AvgIpc) is 3.41. The van der Waals surface area contributed by atoms with Gasteiger partial charge in [-0.1, -0.05) is 48.5 Å². The highest BCUT2D eigenvalue weighted by Crippen LogP contribution is 2.25. The van der Waals surface area contributed by atoms with Crippen molar-refractivity contribution in [3.8, 4) is 5.75 Å². The lowest BCUT2D eigenvalue weighted by Crippen LogP contribution is -2.43. The number of thiophene rings is 1. The quantitative estimate of drug-likeness (QED) is 0.351. The van der Waals surface area contributed by atoms with Crippen molar-refractivity contribution in [1.82, 2.24) is 15.2 Å². The molecule has 2 heterocycles. The van der Waals surface area contributed by atoms with Crippen molar-refractivity contribution in [2.75, 3.05) is 7.11 Å². The molecule has 1 atom stereocenters. The predicted octanol–water partition coefficient (Wildman–Crippen LogP) is 4.78. The van der Waals surface area contributed by atoms with Gasteiger partial charge in [0.05, 0.1) is 13.5 Å². The molecular formula is C28H27N3O3S. The van der Waals surface area contributed by atoms with E-state index in [9.17, 15) is 9.59 Å². The van der Waals surface area contributed by atoms with E-state index in [-0.39, 0.29) is 18.2 Å². The maximum Gasteiger partial charge on any atom is 0.247 e. The van der Waals surface area contributed by atoms with E-state index in [1.54, 1.807) is 36.5 Å². The Morgan fingerprint density at radius 1 is 0.943 bits per heavy atom. The second-order valence-electron chi connectivity index (χ2n) is 8.01. The summed E-state index contributed by atoms with van der Waals surface area (Å²) in [5.41, 5.74) is 2.60. The van der Waals surface area contributed by atoms with Gasteiger partial charge in [-0.2, -0.15) is 0 Å². The first kappa shape index (κ1) is 24.2. The fraction of sp³-hybridized carbons (Fsp3) is 0.179. The molecule has 0 fully saturated rings. The maximum absolute atomic E-state index is 13.6. The standard InChI is InChI=1S/C28H27N3O3S/c1-34-24-11-9-21(10-12-24)19-30-28(33)27(23-13-15-29-16-14-23)31(20-22-6-3-2-4-7-22)26(32)18-25-8-5-17-35-25/h2-17,27H,18-20H2,1H3,(H,30,33). The van der Waals surface area contributed by atoms with Gasteiger partial charge in [0, 0.05) is 30.4 Å². The summed E-state index contributed by atoms with van der Waals surface area (Å²) >= 11 is 1.53. The fourth-order valence-corrected chi connectivity index (χ4v) is 4.51. The Labute approximate surface area is 209 Å². The second kappa shape index (κ2) is 11.9. The number of hydrogen-bond acceptors (Lipinski definition) is 5. The molecule has 1 N–H and O–H groups in total. The number of carbonyl (C=O) groups is 2. The Hall–Kier alpha value is -3.97. The number of benzene rings is 2. The van der Waals surface area contributed by atoms with E-state index in [1.165, 1.54) is 11.3 Å². The van der Waals surface area contributed by atoms with Crippen LogP contribution in [-0.4, -0.2) is 28.8 Å². The normalized spacial score (nSPS) is 11.5. The number of nitrogens with zero attached hydrogens (tertiary/aromatic N) is 2. The Balaban J connectivity index is 1.62. The van der Waals surface area contributed by atoms with Crippen LogP contribution in [0.5, 0.6) is 5.75 Å². The highest BCUT2D eigenvalue weighted by atomic mass is 32.1. The largest absolute Gasteiger partial charge is 0.497 e. The van der Waals surface area contributed by atoms with Crippen LogP contribution in [0.1, 0.15) is 27.6 Å². The van der Waals surface area contributed by atoms with E-state index in [4.69, 9.17) is 4.74 Å². The van der Waals surface area contributed by atoms with Crippen molar-refractivity contribution in [3.05, 3.63) is 118 Å². The smallest absolute Gasteiger partial charge is 0.247 e. The van der Waals surface area contributed by atoms with Crippen molar-refractivity contribution in [3.63, 3.8) is 0 Å². The molecular weight excluding hydrogens is 458 g/mol. The zero-order chi connectivity index (χ0) is 24.5. The number of aromatic nitrogens is 1. The lowest BCUT2D eigenvalue weighted by atomic mass is 10.0. The average molecular weight is 486 g/mol. The summed E-state index contributed by atoms with van der Waals surface area (Å²) in [7, 11) is 1.62. The molecule has 4 aromatic rings. The molecule has 0 radical (unpaired) electrons. The minimum atomic E-state index is -0.802. The number of carbonyl (C=O) groups excluding carboxylic acids is 2. The molecule has 1 unspecified atom stereocenters. The summed E-state index contributed by atoms with van der Waals surface area (Å²) < 4.78 is 5.21. The molecule has 0 bridgehead atoms. The molecule has 0 saturated carbocycles. The lowest BCUT2D eigenvalue weighted by molar-refractivity contribution is -0.141. The van der Waals surface area contributed by atoms with Crippen LogP contribution in [0.2, 0.25) is 0 Å². The number of amides is 2. The minimum absolute atomic E-state index is 0.113. The fourth-order valence-electron chi connectivity index (χ4n) is 3.82. The van der Waals surface area contributed by atoms with Crippen molar-refractivity contribution in [1.29, 1.82) is 0 Å². The van der Waals surface area contributed by atoms with Gasteiger partial charge in [0.15, 0.2) is 0 Å². The summed E-state index contributed by atoms with van der Waals surface area (Å²) in [6, 6.07) is 23.9. The molecule has 2 aromatic carbocycles. The predicted molar refractivity (Wildman–Crippen MR) is 137 cm³/mol. The Kier molecular flexibility index (Phi) is 8.25. The summed E-state index contributed by atoms with van der Waals surface area (Å²) in [5, 5.41) is 4.97. The van der Waals surface area contributed by atoms with Crippen LogP contribution in [0.15, 0.2) is 96.6 Å². The SMILES string of the molecule is COc1ccc(CNC(=O)C(c2ccncc2)N(Cc2ccccc2)C(=O)Cc2cccs2)cc1. The minimum Gasteiger partial charge on any atom is -0.497 e. The topological polar surface area (TPSA) is 71.5 Å². The molecule has 0 aliphatic rings. The van der Waals surface area contributed by atoms with Crippen LogP contribution >= 0.6 is 11.3 Å². The summed E-state index contributed by atoms with van der Waals surface area (Å²) in [4.78, 5) is 34.0. The van der Waals surface area contributed by atoms with Gasteiger partial charge in [-0.05, 0) is 52.4 Å². The van der Waals surface area contributed by atoms with Crippen LogP contribution in [0, 0.1) is 0 Å². The van der Waals surface area contributed by atoms with E-state index in [1.807, 2.05) is 72.1 Å². The van der Waals surface area contributed by atoms with Crippen LogP contribution < -0.4 is 10.1 Å². The van der Waals surface area contributed by atoms with Gasteiger partial charge >= 0.3 is 0 Å². The Morgan fingerprint density at radius 2 is 1.69 bits per heavy atom. The summed E-state index contributed by atoms with van der Waals surface area (Å²) in [6.45, 7) is 0.650. The van der Waals surface area contributed by atoms with Gasteiger partial charge in [-0.25, -0.2) is 0 Å². The molecule has 35 heavy (non-hydrogen) atoms. The number of hydrogen-bond donors (Lipinski definition) is 1. The maximum atomic E-state index is 13.6. The highest BCUT2D eigenvalue weighted by Gasteiger charge is 2.31. The lowest BCUT2D eigenvalue weighted by Gasteiger charge is -2.31. The monoisotopic (exact) mass is 485 g/mol. The number of nitrogens with one attached hydrogen (secondary N) is 1. The van der Waals surface area contributed by atoms with E-state index < -0.39 is 6.04 Å². The van der Waals surface area contributed by atoms with E-state index in [2.05, 4.69) is 10.3 Å². The van der Waals surface area contributed by atoms with E-state index >= 15 is 0 Å². The van der Waals surface area contributed by atoms with Crippen molar-refractivity contribution in [2.45, 2.75) is 25.6 Å². The third-order valence-corrected chi connectivity index (χ3v) is 6.51. The van der Waals surface area contributed by atoms with Gasteiger partial charge in [0.2, 0.25) is 11.8 Å². The van der Waals surface area contributed by atoms with Crippen molar-refractivity contribution in [2.24, 2.45) is 0 Å². The molecule has 0 saturated heterocycles. The van der Waals surface area contributed by atoms with Crippen molar-refractivity contribution < 1.29 is 14.3 Å². The van der Waals surface area contributed by atoms with E-state index in [0.29, 0.717) is 18.7 Å². The molecule has 6 nitrogen and oxygen atoms in total. The molecule has 0 aliphatic heterocycles. The number of methoxy groups -OCH3 is 1. The first-order chi connectivity index (χ1) is 17.1. The number of pyridine rings is 1. The Bertz CT molecular complexity index is 1210. The number of rotatable bonds is 10. The van der Waals surface area contributed by atoms with Gasteiger partial charge < -0.3 is 15.0 Å². The molecule has 7 heteroatoms. The Morgan fingerprint density at radius 3 is 2.34 bits per heavy atom. The molecule has 0 spiro atoms. The molecule has 2 aromatic heterocycles. The van der Waals surface area contributed by atoms with Crippen LogP contribution in [0.25, 0.3) is 0 Å². The van der Waals surface area contributed by atoms with Gasteiger partial charge in [0.1, 0.15) is 11.8 Å². The van der Waals surface area contributed by atoms with Gasteiger partial charge in [-0.15, -0.1) is 11.3 Å². The zero-order valence-electron chi connectivity index (χ0n) is 19.5. The van der Waals surface area contributed by atoms with Crippen molar-refractivity contribution >= 4 is 23.2 Å². The molecule has 178 valence electrons. The van der Waals surface area contributed by atoms with Gasteiger partial charge in [-0.3, -0.25) is 14.6 Å². The highest BCUT2D eigenvalue weighted by molar-refractivity contribution is 7.10. The second-order valence-corrected chi connectivity index (χ2v) is 9.04. The third-order valence-electron chi connectivity index (χ3n) is 5.63. The van der Waals surface area contributed by atoms with Gasteiger partial charge in [0.25, 0.3) is 0 Å². The van der Waals surface area contributed by atoms with E-state index in [0.717, 1.165) is 21.8 Å². The van der Waals surface area contributed by atoms with Crippen LogP contribution in [-0.2, 0) is 29.1 Å². The number of ether oxygens (including phenoxy) is 1. The first-order valence-electron chi connectivity index (χ1n) is 11.3. The van der Waals surface area contributed by atoms with Crippen LogP contribution in [0.3, 0.4) is 0 Å². The molecule has 4 rings (SSSR count). The third kappa shape index (κ3) is 6.55. The zero-order valence-corrected chi connectivity index (χ0v) is 20.3. The molecule has 2 amide bonds. The molecule has 0 aliphatic carbocycles. The first-order valence-corrected chi connectivity index (χ1v) is 12.2. The van der Waals surface area contributed by atoms with Crippen LogP contribution in [0.4, 0.5) is 0 Å². The summed E-state index contributed by atoms with van der Waals surface area (Å²) in [5.74, 6) is 0.392.